The van der Waals surface area contributed by atoms with Gasteiger partial charge in [-0.1, -0.05) is 55.8 Å². The van der Waals surface area contributed by atoms with Crippen LogP contribution in [0.15, 0.2) is 59.7 Å². The molecule has 1 fully saturated rings. The molecule has 0 radical (unpaired) electrons. The largest absolute Gasteiger partial charge is 0.393 e. The molecule has 1 aliphatic carbocycles. The number of hydrogen-bond donors (Lipinski definition) is 1. The molecule has 1 aliphatic rings. The van der Waals surface area contributed by atoms with Crippen LogP contribution in [0.4, 0.5) is 0 Å². The maximum Gasteiger partial charge on any atom is 0.259 e. The van der Waals surface area contributed by atoms with Crippen LogP contribution < -0.4 is 5.56 Å². The molecule has 0 bridgehead atoms. The van der Waals surface area contributed by atoms with Gasteiger partial charge in [-0.05, 0) is 61.8 Å². The van der Waals surface area contributed by atoms with E-state index >= 15 is 0 Å². The Labute approximate surface area is 234 Å². The maximum absolute atomic E-state index is 14.2. The summed E-state index contributed by atoms with van der Waals surface area (Å²) < 4.78 is 9.59. The number of aryl methyl sites for hydroxylation is 1. The van der Waals surface area contributed by atoms with E-state index in [1.54, 1.807) is 14.0 Å². The third-order valence-corrected chi connectivity index (χ3v) is 8.34. The molecule has 208 valence electrons. The van der Waals surface area contributed by atoms with Crippen LogP contribution in [0.3, 0.4) is 0 Å². The topological polar surface area (TPSA) is 105 Å². The summed E-state index contributed by atoms with van der Waals surface area (Å²) in [7, 11) is 1.72. The highest BCUT2D eigenvalue weighted by molar-refractivity contribution is 5.70. The van der Waals surface area contributed by atoms with Crippen molar-refractivity contribution in [2.75, 3.05) is 7.11 Å². The predicted octanol–water partition coefficient (Wildman–Crippen LogP) is 5.24. The first-order chi connectivity index (χ1) is 19.4. The summed E-state index contributed by atoms with van der Waals surface area (Å²) >= 11 is 0. The summed E-state index contributed by atoms with van der Waals surface area (Å²) in [5.74, 6) is 0.589. The van der Waals surface area contributed by atoms with Crippen LogP contribution in [0.5, 0.6) is 0 Å². The Morgan fingerprint density at radius 2 is 1.90 bits per heavy atom. The lowest BCUT2D eigenvalue weighted by atomic mass is 9.78. The molecular weight excluding hydrogens is 502 g/mol. The Morgan fingerprint density at radius 1 is 1.18 bits per heavy atom. The Kier molecular flexibility index (Phi) is 8.15. The summed E-state index contributed by atoms with van der Waals surface area (Å²) in [6, 6.07) is 17.9. The summed E-state index contributed by atoms with van der Waals surface area (Å²) in [4.78, 5) is 18.8. The number of aliphatic hydroxyl groups is 1. The monoisotopic (exact) mass is 539 g/mol. The van der Waals surface area contributed by atoms with Gasteiger partial charge in [0.25, 0.3) is 5.56 Å². The number of methoxy groups -OCH3 is 1. The first-order valence-electron chi connectivity index (χ1n) is 14.2. The molecule has 5 rings (SSSR count). The molecule has 0 aliphatic heterocycles. The number of hydrogen-bond acceptors (Lipinski definition) is 6. The van der Waals surface area contributed by atoms with Gasteiger partial charge in [0, 0.05) is 31.6 Å². The van der Waals surface area contributed by atoms with Crippen LogP contribution in [0.1, 0.15) is 80.8 Å². The molecule has 1 saturated carbocycles. The van der Waals surface area contributed by atoms with Gasteiger partial charge in [0.2, 0.25) is 5.78 Å². The number of fused-ring (bicyclic) bond motifs is 1. The predicted molar refractivity (Wildman–Crippen MR) is 154 cm³/mol. The van der Waals surface area contributed by atoms with Crippen LogP contribution in [0.25, 0.3) is 16.9 Å². The van der Waals surface area contributed by atoms with Crippen molar-refractivity contribution >= 4 is 5.78 Å². The second-order valence-electron chi connectivity index (χ2n) is 11.0. The highest BCUT2D eigenvalue weighted by Gasteiger charge is 2.38. The Bertz CT molecular complexity index is 1570. The zero-order valence-electron chi connectivity index (χ0n) is 23.5. The highest BCUT2D eigenvalue weighted by atomic mass is 16.5. The van der Waals surface area contributed by atoms with E-state index in [1.165, 1.54) is 6.33 Å². The molecule has 0 saturated heterocycles. The van der Waals surface area contributed by atoms with E-state index in [-0.39, 0.29) is 17.2 Å². The van der Waals surface area contributed by atoms with Crippen LogP contribution in [-0.2, 0) is 17.6 Å². The highest BCUT2D eigenvalue weighted by Crippen LogP contribution is 2.40. The molecule has 4 aromatic rings. The van der Waals surface area contributed by atoms with Gasteiger partial charge in [0.1, 0.15) is 6.33 Å². The van der Waals surface area contributed by atoms with Gasteiger partial charge in [0.15, 0.2) is 0 Å². The lowest BCUT2D eigenvalue weighted by Gasteiger charge is -2.40. The molecule has 2 heterocycles. The maximum atomic E-state index is 14.2. The summed E-state index contributed by atoms with van der Waals surface area (Å²) in [6.07, 6.45) is 6.84. The molecule has 0 amide bonds. The lowest BCUT2D eigenvalue weighted by Crippen LogP contribution is -2.41. The third-order valence-electron chi connectivity index (χ3n) is 8.34. The Morgan fingerprint density at radius 3 is 2.55 bits per heavy atom. The average molecular weight is 540 g/mol. The van der Waals surface area contributed by atoms with E-state index in [2.05, 4.69) is 23.1 Å². The number of nitriles is 1. The fraction of sp³-hybridized carbons (Fsp3) is 0.438. The lowest BCUT2D eigenvalue weighted by molar-refractivity contribution is -0.0744. The van der Waals surface area contributed by atoms with Gasteiger partial charge >= 0.3 is 0 Å². The minimum absolute atomic E-state index is 0.00621. The Hall–Kier alpha value is -3.80. The van der Waals surface area contributed by atoms with E-state index in [0.717, 1.165) is 66.5 Å². The summed E-state index contributed by atoms with van der Waals surface area (Å²) in [5.41, 5.74) is 4.82. The molecule has 2 aromatic carbocycles. The second kappa shape index (κ2) is 11.7. The summed E-state index contributed by atoms with van der Waals surface area (Å²) in [5, 5.41) is 24.1. The van der Waals surface area contributed by atoms with Crippen molar-refractivity contribution in [3.8, 4) is 17.2 Å². The first-order valence-corrected chi connectivity index (χ1v) is 14.2. The Balaban J connectivity index is 1.51. The smallest absolute Gasteiger partial charge is 0.259 e. The van der Waals surface area contributed by atoms with E-state index in [0.29, 0.717) is 24.2 Å². The van der Waals surface area contributed by atoms with Crippen molar-refractivity contribution in [2.24, 2.45) is 0 Å². The normalized spacial score (nSPS) is 19.9. The van der Waals surface area contributed by atoms with Crippen molar-refractivity contribution in [1.82, 2.24) is 19.2 Å². The van der Waals surface area contributed by atoms with Gasteiger partial charge in [-0.2, -0.15) is 15.3 Å². The second-order valence-corrected chi connectivity index (χ2v) is 11.0. The van der Waals surface area contributed by atoms with E-state index in [4.69, 9.17) is 4.74 Å². The molecule has 2 aromatic heterocycles. The number of aliphatic hydroxyl groups excluding tert-OH is 1. The van der Waals surface area contributed by atoms with Gasteiger partial charge in [0.05, 0.1) is 29.0 Å². The minimum atomic E-state index is -0.442. The fourth-order valence-electron chi connectivity index (χ4n) is 6.33. The van der Waals surface area contributed by atoms with E-state index in [9.17, 15) is 15.2 Å². The quantitative estimate of drug-likeness (QED) is 0.312. The van der Waals surface area contributed by atoms with Crippen molar-refractivity contribution in [3.63, 3.8) is 0 Å². The molecule has 1 atom stereocenters. The third kappa shape index (κ3) is 5.32. The molecular formula is C32H37N5O3. The first kappa shape index (κ1) is 27.8. The van der Waals surface area contributed by atoms with Gasteiger partial charge in [-0.15, -0.1) is 0 Å². The number of ether oxygens (including phenoxy) is 1. The zero-order chi connectivity index (χ0) is 28.3. The molecule has 0 spiro atoms. The molecule has 8 nitrogen and oxygen atoms in total. The molecule has 40 heavy (non-hydrogen) atoms. The molecule has 1 unspecified atom stereocenters. The van der Waals surface area contributed by atoms with Crippen LogP contribution >= 0.6 is 0 Å². The number of aromatic nitrogens is 4. The van der Waals surface area contributed by atoms with E-state index in [1.807, 2.05) is 57.6 Å². The molecule has 8 heteroatoms. The van der Waals surface area contributed by atoms with Gasteiger partial charge in [-0.25, -0.2) is 4.52 Å². The van der Waals surface area contributed by atoms with Crippen LogP contribution in [-0.4, -0.2) is 43.1 Å². The van der Waals surface area contributed by atoms with Crippen molar-refractivity contribution in [3.05, 3.63) is 87.6 Å². The van der Waals surface area contributed by atoms with Crippen molar-refractivity contribution in [1.29, 1.82) is 5.26 Å². The number of benzene rings is 2. The van der Waals surface area contributed by atoms with Crippen LogP contribution in [0.2, 0.25) is 0 Å². The van der Waals surface area contributed by atoms with Crippen molar-refractivity contribution < 1.29 is 9.84 Å². The standard InChI is InChI=1S/C32H37N5O3/c1-4-7-29-28(18-23-10-12-24(13-11-23)27-9-6-5-8-25(27)20-33)30(39)36(31-34-21-35-37(29)31)26-14-16-32(40-3,17-15-26)19-22(2)38/h5-6,8-13,21-22,26,38H,4,7,14-19H2,1-3H3. The number of nitrogens with zero attached hydrogens (tertiary/aromatic N) is 5. The number of rotatable bonds is 9. The van der Waals surface area contributed by atoms with E-state index < -0.39 is 6.10 Å². The van der Waals surface area contributed by atoms with Gasteiger partial charge < -0.3 is 9.84 Å². The van der Waals surface area contributed by atoms with Crippen molar-refractivity contribution in [2.45, 2.75) is 83.0 Å². The fourth-order valence-corrected chi connectivity index (χ4v) is 6.33. The van der Waals surface area contributed by atoms with Crippen LogP contribution in [0, 0.1) is 11.3 Å². The summed E-state index contributed by atoms with van der Waals surface area (Å²) in [6.45, 7) is 3.90. The minimum Gasteiger partial charge on any atom is -0.393 e. The zero-order valence-corrected chi connectivity index (χ0v) is 23.5. The average Bonchev–Trinajstić information content (AvgIpc) is 3.45. The molecule has 1 N–H and O–H groups in total. The van der Waals surface area contributed by atoms with Gasteiger partial charge in [-0.3, -0.25) is 9.36 Å². The SMILES string of the molecule is CCCc1c(Cc2ccc(-c3ccccc3C#N)cc2)c(=O)n(C2CCC(CC(C)O)(OC)CC2)c2ncnn12.